The molecule has 1 N–H and O–H groups in total. The van der Waals surface area contributed by atoms with Crippen molar-refractivity contribution in [2.24, 2.45) is 0 Å². The van der Waals surface area contributed by atoms with Crippen LogP contribution in [-0.4, -0.2) is 21.3 Å². The lowest BCUT2D eigenvalue weighted by Crippen LogP contribution is -2.16. The zero-order valence-electron chi connectivity index (χ0n) is 15.8. The first-order valence-electron chi connectivity index (χ1n) is 9.05. The zero-order valence-corrected chi connectivity index (χ0v) is 15.8. The zero-order chi connectivity index (χ0) is 21.8. The molecule has 0 saturated heterocycles. The number of aromatic nitrogens is 3. The number of ether oxygens (including phenoxy) is 1. The minimum absolute atomic E-state index is 0.289. The van der Waals surface area contributed by atoms with Crippen LogP contribution < -0.4 is 10.1 Å². The number of anilines is 2. The molecular weight excluding hydrogens is 412 g/mol. The second-order valence-corrected chi connectivity index (χ2v) is 6.37. The van der Waals surface area contributed by atoms with E-state index in [1.54, 1.807) is 48.8 Å². The molecule has 2 heterocycles. The van der Waals surface area contributed by atoms with Crippen molar-refractivity contribution in [1.82, 2.24) is 15.0 Å². The van der Waals surface area contributed by atoms with Crippen LogP contribution in [0.4, 0.5) is 29.1 Å². The number of nitrogens with one attached hydrogen (secondary N) is 1. The summed E-state index contributed by atoms with van der Waals surface area (Å²) < 4.78 is 55.3. The van der Waals surface area contributed by atoms with Gasteiger partial charge >= 0.3 is 6.36 Å². The molecule has 9 heteroatoms. The molecule has 156 valence electrons. The molecule has 31 heavy (non-hydrogen) atoms. The molecule has 4 aromatic rings. The van der Waals surface area contributed by atoms with Crippen LogP contribution in [0.25, 0.3) is 22.6 Å². The molecule has 0 unspecified atom stereocenters. The molecule has 2 aromatic carbocycles. The number of nitrogens with zero attached hydrogens (tertiary/aromatic N) is 3. The quantitative estimate of drug-likeness (QED) is 0.398. The molecule has 0 saturated carbocycles. The average molecular weight is 426 g/mol. The molecule has 0 fully saturated rings. The van der Waals surface area contributed by atoms with Gasteiger partial charge in [-0.25, -0.2) is 14.4 Å². The lowest BCUT2D eigenvalue weighted by molar-refractivity contribution is -0.274. The summed E-state index contributed by atoms with van der Waals surface area (Å²) in [6.07, 6.45) is -1.60. The Morgan fingerprint density at radius 3 is 2.23 bits per heavy atom. The van der Waals surface area contributed by atoms with Crippen molar-refractivity contribution in [2.45, 2.75) is 6.36 Å². The van der Waals surface area contributed by atoms with Gasteiger partial charge in [-0.3, -0.25) is 4.98 Å². The molecule has 0 aliphatic rings. The number of rotatable bonds is 5. The van der Waals surface area contributed by atoms with Crippen LogP contribution in [0, 0.1) is 5.82 Å². The van der Waals surface area contributed by atoms with Crippen LogP contribution >= 0.6 is 0 Å². The molecule has 4 rings (SSSR count). The Labute approximate surface area is 174 Å². The van der Waals surface area contributed by atoms with Crippen molar-refractivity contribution in [3.8, 4) is 28.4 Å². The first-order valence-corrected chi connectivity index (χ1v) is 9.05. The number of benzene rings is 2. The maximum absolute atomic E-state index is 14.4. The predicted molar refractivity (Wildman–Crippen MR) is 107 cm³/mol. The van der Waals surface area contributed by atoms with Gasteiger partial charge in [0.15, 0.2) is 5.82 Å². The second kappa shape index (κ2) is 8.39. The van der Waals surface area contributed by atoms with Crippen LogP contribution in [0.1, 0.15) is 0 Å². The van der Waals surface area contributed by atoms with Gasteiger partial charge in [-0.1, -0.05) is 12.1 Å². The lowest BCUT2D eigenvalue weighted by Gasteiger charge is -2.12. The third-order valence-corrected chi connectivity index (χ3v) is 4.17. The van der Waals surface area contributed by atoms with E-state index in [-0.39, 0.29) is 11.3 Å². The number of pyridine rings is 1. The summed E-state index contributed by atoms with van der Waals surface area (Å²) in [4.78, 5) is 12.9. The van der Waals surface area contributed by atoms with E-state index in [0.717, 1.165) is 0 Å². The van der Waals surface area contributed by atoms with Gasteiger partial charge in [-0.15, -0.1) is 13.2 Å². The van der Waals surface area contributed by atoms with E-state index in [1.165, 1.54) is 30.3 Å². The van der Waals surface area contributed by atoms with Crippen LogP contribution in [0.5, 0.6) is 5.75 Å². The van der Waals surface area contributed by atoms with Crippen molar-refractivity contribution < 1.29 is 22.3 Å². The number of hydrogen-bond donors (Lipinski definition) is 1. The number of halogens is 4. The highest BCUT2D eigenvalue weighted by Crippen LogP contribution is 2.29. The van der Waals surface area contributed by atoms with Gasteiger partial charge in [0.05, 0.1) is 5.69 Å². The lowest BCUT2D eigenvalue weighted by atomic mass is 10.1. The summed E-state index contributed by atoms with van der Waals surface area (Å²) in [7, 11) is 0. The Hall–Kier alpha value is -4.01. The van der Waals surface area contributed by atoms with E-state index in [4.69, 9.17) is 0 Å². The third-order valence-electron chi connectivity index (χ3n) is 4.17. The van der Waals surface area contributed by atoms with Crippen LogP contribution in [0.3, 0.4) is 0 Å². The van der Waals surface area contributed by atoms with E-state index in [0.29, 0.717) is 28.6 Å². The predicted octanol–water partition coefficient (Wildman–Crippen LogP) is 5.99. The van der Waals surface area contributed by atoms with Gasteiger partial charge in [-0.2, -0.15) is 0 Å². The van der Waals surface area contributed by atoms with E-state index in [2.05, 4.69) is 25.0 Å². The topological polar surface area (TPSA) is 59.9 Å². The van der Waals surface area contributed by atoms with Gasteiger partial charge in [-0.05, 0) is 48.5 Å². The van der Waals surface area contributed by atoms with E-state index >= 15 is 0 Å². The minimum atomic E-state index is -4.77. The summed E-state index contributed by atoms with van der Waals surface area (Å²) in [6, 6.07) is 16.4. The Bertz CT molecular complexity index is 1180. The Balaban J connectivity index is 1.70. The fourth-order valence-corrected chi connectivity index (χ4v) is 2.84. The van der Waals surface area contributed by atoms with Crippen molar-refractivity contribution in [1.29, 1.82) is 0 Å². The van der Waals surface area contributed by atoms with Crippen molar-refractivity contribution in [3.63, 3.8) is 0 Å². The normalized spacial score (nSPS) is 11.2. The monoisotopic (exact) mass is 426 g/mol. The fourth-order valence-electron chi connectivity index (χ4n) is 2.84. The molecule has 5 nitrogen and oxygen atoms in total. The van der Waals surface area contributed by atoms with Crippen molar-refractivity contribution >= 4 is 11.5 Å². The molecule has 2 aromatic heterocycles. The summed E-state index contributed by atoms with van der Waals surface area (Å²) in [5, 5.41) is 3.01. The summed E-state index contributed by atoms with van der Waals surface area (Å²) in [5.74, 6) is -0.112. The summed E-state index contributed by atoms with van der Waals surface area (Å²) in [6.45, 7) is 0. The molecule has 0 aliphatic carbocycles. The Kier molecular flexibility index (Phi) is 5.48. The van der Waals surface area contributed by atoms with Gasteiger partial charge in [0.2, 0.25) is 0 Å². The third kappa shape index (κ3) is 5.13. The highest BCUT2D eigenvalue weighted by atomic mass is 19.4. The first-order chi connectivity index (χ1) is 14.9. The number of hydrogen-bond acceptors (Lipinski definition) is 5. The largest absolute Gasteiger partial charge is 0.573 e. The van der Waals surface area contributed by atoms with Gasteiger partial charge in [0, 0.05) is 35.3 Å². The molecule has 0 bridgehead atoms. The summed E-state index contributed by atoms with van der Waals surface area (Å²) in [5.41, 5.74) is 1.77. The molecule has 0 spiro atoms. The van der Waals surface area contributed by atoms with Crippen molar-refractivity contribution in [3.05, 3.63) is 84.9 Å². The van der Waals surface area contributed by atoms with Gasteiger partial charge in [0.1, 0.15) is 17.4 Å². The number of alkyl halides is 3. The molecular formula is C22H14F4N4O. The van der Waals surface area contributed by atoms with Crippen LogP contribution in [0.2, 0.25) is 0 Å². The van der Waals surface area contributed by atoms with E-state index in [9.17, 15) is 17.6 Å². The Morgan fingerprint density at radius 1 is 0.839 bits per heavy atom. The fraction of sp³-hybridized carbons (Fsp3) is 0.0455. The molecule has 0 radical (unpaired) electrons. The molecule has 0 atom stereocenters. The van der Waals surface area contributed by atoms with Gasteiger partial charge in [0.25, 0.3) is 0 Å². The maximum atomic E-state index is 14.4. The van der Waals surface area contributed by atoms with Crippen LogP contribution in [-0.2, 0) is 0 Å². The van der Waals surface area contributed by atoms with E-state index < -0.39 is 12.2 Å². The van der Waals surface area contributed by atoms with Crippen molar-refractivity contribution in [2.75, 3.05) is 5.32 Å². The van der Waals surface area contributed by atoms with Crippen LogP contribution in [0.15, 0.2) is 79.1 Å². The summed E-state index contributed by atoms with van der Waals surface area (Å²) >= 11 is 0. The highest BCUT2D eigenvalue weighted by Gasteiger charge is 2.30. The molecule has 0 amide bonds. The maximum Gasteiger partial charge on any atom is 0.573 e. The van der Waals surface area contributed by atoms with E-state index in [1.807, 2.05) is 0 Å². The minimum Gasteiger partial charge on any atom is -0.406 e. The average Bonchev–Trinajstić information content (AvgIpc) is 2.75. The van der Waals surface area contributed by atoms with Gasteiger partial charge < -0.3 is 10.1 Å². The standard InChI is InChI=1S/C22H14F4N4O/c23-18-4-2-1-3-17(18)19-13-20(30-21(29-19)14-9-11-27-12-10-14)28-15-5-7-16(8-6-15)31-22(24,25)26/h1-13H,(H,28,29,30). The SMILES string of the molecule is Fc1ccccc1-c1cc(Nc2ccc(OC(F)(F)F)cc2)nc(-c2ccncc2)n1. The smallest absolute Gasteiger partial charge is 0.406 e. The molecule has 0 aliphatic heterocycles. The second-order valence-electron chi connectivity index (χ2n) is 6.37. The Morgan fingerprint density at radius 2 is 1.55 bits per heavy atom. The first kappa shape index (κ1) is 20.3. The highest BCUT2D eigenvalue weighted by molar-refractivity contribution is 5.70.